The second-order valence-corrected chi connectivity index (χ2v) is 10.3. The molecule has 9 rings (SSSR count). The van der Waals surface area contributed by atoms with Crippen LogP contribution in [0.4, 0.5) is 0 Å². The van der Waals surface area contributed by atoms with E-state index in [-0.39, 0.29) is 11.0 Å². The Morgan fingerprint density at radius 1 is 0.939 bits per heavy atom. The topological polar surface area (TPSA) is 105 Å². The molecule has 0 spiro atoms. The van der Waals surface area contributed by atoms with Crippen LogP contribution in [-0.4, -0.2) is 49.6 Å². The van der Waals surface area contributed by atoms with Crippen molar-refractivity contribution in [3.8, 4) is 5.69 Å². The lowest BCUT2D eigenvalue weighted by molar-refractivity contribution is -0.0785. The monoisotopic (exact) mass is 438 g/mol. The normalized spacial score (nSPS) is 30.5. The van der Waals surface area contributed by atoms with Crippen LogP contribution in [0.2, 0.25) is 0 Å². The molecule has 4 heterocycles. The van der Waals surface area contributed by atoms with Gasteiger partial charge in [0, 0.05) is 5.41 Å². The van der Waals surface area contributed by atoms with Crippen molar-refractivity contribution in [1.82, 2.24) is 49.6 Å². The van der Waals surface area contributed by atoms with Gasteiger partial charge in [0.15, 0.2) is 23.4 Å². The van der Waals surface area contributed by atoms with E-state index in [4.69, 9.17) is 10.1 Å². The second-order valence-electron chi connectivity index (χ2n) is 10.3. The van der Waals surface area contributed by atoms with Gasteiger partial charge in [-0.1, -0.05) is 18.2 Å². The lowest BCUT2D eigenvalue weighted by atomic mass is 9.46. The van der Waals surface area contributed by atoms with Crippen LogP contribution in [0.3, 0.4) is 0 Å². The molecule has 5 aromatic rings. The standard InChI is InChI=1S/C23H22N10/c1-2-4-17(5-3-1)32-19-18(11-26-32)20-28-21(29-31(20)14-24-19)22-7-15-6-16(8-22)10-23(9-15,12-22)33-27-13-25-30-33/h1-5,11,13-16H,6-10,12H2/t15-,16+,22?,23?. The van der Waals surface area contributed by atoms with Gasteiger partial charge in [-0.05, 0) is 67.7 Å². The van der Waals surface area contributed by atoms with E-state index in [0.29, 0.717) is 11.8 Å². The van der Waals surface area contributed by atoms with E-state index >= 15 is 0 Å². The second kappa shape index (κ2) is 6.00. The summed E-state index contributed by atoms with van der Waals surface area (Å²) in [6.07, 6.45) is 12.0. The molecule has 0 saturated heterocycles. The highest BCUT2D eigenvalue weighted by atomic mass is 15.6. The smallest absolute Gasteiger partial charge is 0.170 e. The van der Waals surface area contributed by atoms with Crippen LogP contribution in [0.5, 0.6) is 0 Å². The van der Waals surface area contributed by atoms with Crippen molar-refractivity contribution in [2.45, 2.75) is 49.5 Å². The Bertz CT molecular complexity index is 1480. The van der Waals surface area contributed by atoms with E-state index in [1.165, 1.54) is 6.42 Å². The number of fused-ring (bicyclic) bond motifs is 3. The zero-order chi connectivity index (χ0) is 21.6. The summed E-state index contributed by atoms with van der Waals surface area (Å²) in [7, 11) is 0. The Hall–Kier alpha value is -3.69. The average molecular weight is 438 g/mol. The largest absolute Gasteiger partial charge is 0.216 e. The van der Waals surface area contributed by atoms with E-state index in [1.54, 1.807) is 12.7 Å². The number of nitrogens with zero attached hydrogens (tertiary/aromatic N) is 10. The minimum absolute atomic E-state index is 0.0501. The first kappa shape index (κ1) is 17.8. The molecular weight excluding hydrogens is 416 g/mol. The van der Waals surface area contributed by atoms with Crippen LogP contribution in [0.1, 0.15) is 44.3 Å². The highest BCUT2D eigenvalue weighted by molar-refractivity contribution is 5.89. The highest BCUT2D eigenvalue weighted by Crippen LogP contribution is 2.63. The van der Waals surface area contributed by atoms with E-state index in [1.807, 2.05) is 50.5 Å². The van der Waals surface area contributed by atoms with Crippen LogP contribution < -0.4 is 0 Å². The summed E-state index contributed by atoms with van der Waals surface area (Å²) < 4.78 is 3.69. The number of benzene rings is 1. The van der Waals surface area contributed by atoms with Gasteiger partial charge < -0.3 is 0 Å². The summed E-state index contributed by atoms with van der Waals surface area (Å²) in [4.78, 5) is 11.7. The molecule has 10 heteroatoms. The van der Waals surface area contributed by atoms with Crippen molar-refractivity contribution < 1.29 is 0 Å². The number of aromatic nitrogens is 10. The third-order valence-electron chi connectivity index (χ3n) is 8.18. The molecule has 0 radical (unpaired) electrons. The first-order valence-electron chi connectivity index (χ1n) is 11.6. The summed E-state index contributed by atoms with van der Waals surface area (Å²) in [6, 6.07) is 10.1. The molecule has 10 nitrogen and oxygen atoms in total. The molecular formula is C23H22N10. The predicted octanol–water partition coefficient (Wildman–Crippen LogP) is 2.70. The molecule has 1 aromatic carbocycles. The molecule has 4 aromatic heterocycles. The lowest BCUT2D eigenvalue weighted by Crippen LogP contribution is -2.59. The van der Waals surface area contributed by atoms with Crippen LogP contribution in [0.25, 0.3) is 22.4 Å². The molecule has 0 amide bonds. The van der Waals surface area contributed by atoms with E-state index in [2.05, 4.69) is 25.5 Å². The number of rotatable bonds is 3. The Morgan fingerprint density at radius 2 is 1.79 bits per heavy atom. The van der Waals surface area contributed by atoms with Crippen molar-refractivity contribution in [3.63, 3.8) is 0 Å². The van der Waals surface area contributed by atoms with E-state index in [0.717, 1.165) is 60.3 Å². The van der Waals surface area contributed by atoms with Gasteiger partial charge in [0.2, 0.25) is 0 Å². The molecule has 2 unspecified atom stereocenters. The summed E-state index contributed by atoms with van der Waals surface area (Å²) >= 11 is 0. The van der Waals surface area contributed by atoms with Crippen LogP contribution in [-0.2, 0) is 11.0 Å². The van der Waals surface area contributed by atoms with Gasteiger partial charge in [-0.25, -0.2) is 19.2 Å². The minimum Gasteiger partial charge on any atom is -0.216 e. The first-order chi connectivity index (χ1) is 16.2. The zero-order valence-electron chi connectivity index (χ0n) is 18.0. The number of tetrazole rings is 1. The van der Waals surface area contributed by atoms with E-state index in [9.17, 15) is 0 Å². The van der Waals surface area contributed by atoms with Crippen LogP contribution in [0.15, 0.2) is 49.2 Å². The van der Waals surface area contributed by atoms with E-state index < -0.39 is 0 Å². The molecule has 4 aliphatic rings. The molecule has 33 heavy (non-hydrogen) atoms. The number of hydrogen-bond acceptors (Lipinski definition) is 7. The van der Waals surface area contributed by atoms with Crippen LogP contribution in [0, 0.1) is 11.8 Å². The quantitative estimate of drug-likeness (QED) is 0.426. The fourth-order valence-corrected chi connectivity index (χ4v) is 7.40. The Morgan fingerprint density at radius 3 is 2.58 bits per heavy atom. The third-order valence-corrected chi connectivity index (χ3v) is 8.18. The Balaban J connectivity index is 1.27. The van der Waals surface area contributed by atoms with Gasteiger partial charge in [-0.15, -0.1) is 15.3 Å². The fraction of sp³-hybridized carbons (Fsp3) is 0.435. The first-order valence-corrected chi connectivity index (χ1v) is 11.6. The maximum Gasteiger partial charge on any atom is 0.170 e. The Labute approximate surface area is 188 Å². The van der Waals surface area contributed by atoms with Crippen molar-refractivity contribution in [2.24, 2.45) is 11.8 Å². The molecule has 4 bridgehead atoms. The van der Waals surface area contributed by atoms with Gasteiger partial charge in [-0.2, -0.15) is 9.90 Å². The summed E-state index contributed by atoms with van der Waals surface area (Å²) in [6.45, 7) is 0. The summed E-state index contributed by atoms with van der Waals surface area (Å²) in [5, 5.41) is 23.3. The SMILES string of the molecule is c1ccc(-n2ncc3c2ncn2nc(C45C[C@H]6C[C@@H](C4)CC(n4ncnn4)(C6)C5)nc32)cc1. The zero-order valence-corrected chi connectivity index (χ0v) is 18.0. The van der Waals surface area contributed by atoms with Gasteiger partial charge >= 0.3 is 0 Å². The van der Waals surface area contributed by atoms with Crippen molar-refractivity contribution >= 4 is 16.7 Å². The van der Waals surface area contributed by atoms with Crippen molar-refractivity contribution in [2.75, 3.05) is 0 Å². The van der Waals surface area contributed by atoms with Crippen molar-refractivity contribution in [1.29, 1.82) is 0 Å². The molecule has 0 N–H and O–H groups in total. The van der Waals surface area contributed by atoms with Gasteiger partial charge in [0.1, 0.15) is 6.33 Å². The number of hydrogen-bond donors (Lipinski definition) is 0. The van der Waals surface area contributed by atoms with Crippen LogP contribution >= 0.6 is 0 Å². The molecule has 4 atom stereocenters. The highest BCUT2D eigenvalue weighted by Gasteiger charge is 2.61. The van der Waals surface area contributed by atoms with Gasteiger partial charge in [-0.3, -0.25) is 0 Å². The third kappa shape index (κ3) is 2.35. The minimum atomic E-state index is -0.0656. The molecule has 4 fully saturated rings. The summed E-state index contributed by atoms with van der Waals surface area (Å²) in [5.74, 6) is 2.24. The molecule has 0 aliphatic heterocycles. The maximum atomic E-state index is 5.14. The van der Waals surface area contributed by atoms with Gasteiger partial charge in [0.05, 0.1) is 22.8 Å². The maximum absolute atomic E-state index is 5.14. The molecule has 4 aliphatic carbocycles. The molecule has 4 saturated carbocycles. The lowest BCUT2D eigenvalue weighted by Gasteiger charge is -2.60. The van der Waals surface area contributed by atoms with Crippen molar-refractivity contribution in [3.05, 3.63) is 55.0 Å². The number of para-hydroxylation sites is 1. The molecule has 164 valence electrons. The average Bonchev–Trinajstić information content (AvgIpc) is 3.58. The predicted molar refractivity (Wildman–Crippen MR) is 118 cm³/mol. The fourth-order valence-electron chi connectivity index (χ4n) is 7.40. The van der Waals surface area contributed by atoms with Gasteiger partial charge in [0.25, 0.3) is 0 Å². The summed E-state index contributed by atoms with van der Waals surface area (Å²) in [5.41, 5.74) is 2.48. The Kier molecular flexibility index (Phi) is 3.24.